The quantitative estimate of drug-likeness (QED) is 0.620. The highest BCUT2D eigenvalue weighted by Gasteiger charge is 2.35. The van der Waals surface area contributed by atoms with Gasteiger partial charge in [-0.2, -0.15) is 13.2 Å². The number of carbonyl (C=O) groups is 2. The van der Waals surface area contributed by atoms with Gasteiger partial charge in [0.15, 0.2) is 5.92 Å². The Hall–Kier alpha value is -2.05. The van der Waals surface area contributed by atoms with E-state index < -0.39 is 29.6 Å². The first-order valence-corrected chi connectivity index (χ1v) is 6.31. The normalized spacial score (nSPS) is 11.3. The third kappa shape index (κ3) is 4.47. The summed E-state index contributed by atoms with van der Waals surface area (Å²) >= 11 is 0. The van der Waals surface area contributed by atoms with Crippen LogP contribution < -0.4 is 0 Å². The predicted octanol–water partition coefficient (Wildman–Crippen LogP) is 2.92. The van der Waals surface area contributed by atoms with Gasteiger partial charge in [0, 0.05) is 0 Å². The van der Waals surface area contributed by atoms with E-state index in [0.29, 0.717) is 0 Å². The van der Waals surface area contributed by atoms with Crippen LogP contribution in [0.2, 0.25) is 0 Å². The van der Waals surface area contributed by atoms with Crippen LogP contribution in [0.4, 0.5) is 13.2 Å². The van der Waals surface area contributed by atoms with Crippen LogP contribution in [0.25, 0.3) is 0 Å². The molecule has 0 atom stereocenters. The minimum Gasteiger partial charge on any atom is -0.465 e. The third-order valence-corrected chi connectivity index (χ3v) is 2.59. The smallest absolute Gasteiger partial charge is 0.416 e. The van der Waals surface area contributed by atoms with Crippen LogP contribution in [0.15, 0.2) is 24.3 Å². The van der Waals surface area contributed by atoms with Crippen molar-refractivity contribution in [3.05, 3.63) is 35.4 Å². The fraction of sp³-hybridized carbons (Fsp3) is 0.429. The number of hydrogen-bond acceptors (Lipinski definition) is 4. The SMILES string of the molecule is CCOC(=O)C(C(=O)OCC)c1cccc(C(F)(F)F)c1. The standard InChI is InChI=1S/C14H15F3O4/c1-3-20-12(18)11(13(19)21-4-2)9-6-5-7-10(8-9)14(15,16)17/h5-8,11H,3-4H2,1-2H3. The zero-order valence-electron chi connectivity index (χ0n) is 11.6. The van der Waals surface area contributed by atoms with Crippen molar-refractivity contribution in [2.24, 2.45) is 0 Å². The molecule has 0 radical (unpaired) electrons. The predicted molar refractivity (Wildman–Crippen MR) is 67.5 cm³/mol. The average molecular weight is 304 g/mol. The van der Waals surface area contributed by atoms with Crippen LogP contribution in [-0.4, -0.2) is 25.2 Å². The molecule has 0 spiro atoms. The Balaban J connectivity index is 3.20. The highest BCUT2D eigenvalue weighted by Crippen LogP contribution is 2.31. The van der Waals surface area contributed by atoms with Gasteiger partial charge >= 0.3 is 18.1 Å². The first kappa shape index (κ1) is 17.0. The van der Waals surface area contributed by atoms with Gasteiger partial charge in [0.05, 0.1) is 18.8 Å². The van der Waals surface area contributed by atoms with Crippen LogP contribution in [-0.2, 0) is 25.2 Å². The first-order chi connectivity index (χ1) is 9.81. The summed E-state index contributed by atoms with van der Waals surface area (Å²) in [6.45, 7) is 3.08. The number of halogens is 3. The van der Waals surface area contributed by atoms with E-state index in [4.69, 9.17) is 9.47 Å². The molecule has 1 aromatic carbocycles. The lowest BCUT2D eigenvalue weighted by Gasteiger charge is -2.16. The largest absolute Gasteiger partial charge is 0.465 e. The number of ether oxygens (including phenoxy) is 2. The van der Waals surface area contributed by atoms with Gasteiger partial charge in [-0.1, -0.05) is 18.2 Å². The minimum absolute atomic E-state index is 0.00764. The second-order valence-electron chi connectivity index (χ2n) is 4.06. The summed E-state index contributed by atoms with van der Waals surface area (Å²) in [6.07, 6.45) is -4.57. The molecule has 21 heavy (non-hydrogen) atoms. The van der Waals surface area contributed by atoms with Crippen molar-refractivity contribution in [1.82, 2.24) is 0 Å². The van der Waals surface area contributed by atoms with Crippen LogP contribution in [0, 0.1) is 0 Å². The van der Waals surface area contributed by atoms with E-state index in [9.17, 15) is 22.8 Å². The van der Waals surface area contributed by atoms with Gasteiger partial charge in [0.1, 0.15) is 0 Å². The van der Waals surface area contributed by atoms with E-state index in [0.717, 1.165) is 18.2 Å². The van der Waals surface area contributed by atoms with Gasteiger partial charge < -0.3 is 9.47 Å². The van der Waals surface area contributed by atoms with Crippen LogP contribution in [0.1, 0.15) is 30.9 Å². The minimum atomic E-state index is -4.57. The molecule has 0 amide bonds. The lowest BCUT2D eigenvalue weighted by molar-refractivity contribution is -0.157. The zero-order valence-corrected chi connectivity index (χ0v) is 11.6. The average Bonchev–Trinajstić information content (AvgIpc) is 2.39. The topological polar surface area (TPSA) is 52.6 Å². The lowest BCUT2D eigenvalue weighted by atomic mass is 9.97. The Bertz CT molecular complexity index is 493. The fourth-order valence-corrected chi connectivity index (χ4v) is 1.71. The molecule has 0 unspecified atom stereocenters. The van der Waals surface area contributed by atoms with Crippen molar-refractivity contribution < 1.29 is 32.2 Å². The summed E-state index contributed by atoms with van der Waals surface area (Å²) in [5.41, 5.74) is -1.06. The Morgan fingerprint density at radius 3 is 2.05 bits per heavy atom. The third-order valence-electron chi connectivity index (χ3n) is 2.59. The van der Waals surface area contributed by atoms with Crippen LogP contribution in [0.5, 0.6) is 0 Å². The molecule has 116 valence electrons. The molecule has 4 nitrogen and oxygen atoms in total. The molecule has 0 aliphatic heterocycles. The summed E-state index contributed by atoms with van der Waals surface area (Å²) in [5.74, 6) is -3.39. The second kappa shape index (κ2) is 7.10. The highest BCUT2D eigenvalue weighted by molar-refractivity contribution is 6.00. The van der Waals surface area contributed by atoms with E-state index in [1.807, 2.05) is 0 Å². The van der Waals surface area contributed by atoms with Gasteiger partial charge in [0.2, 0.25) is 0 Å². The van der Waals surface area contributed by atoms with Crippen molar-refractivity contribution >= 4 is 11.9 Å². The maximum Gasteiger partial charge on any atom is 0.416 e. The number of hydrogen-bond donors (Lipinski definition) is 0. The first-order valence-electron chi connectivity index (χ1n) is 6.31. The van der Waals surface area contributed by atoms with Crippen molar-refractivity contribution in [3.63, 3.8) is 0 Å². The zero-order chi connectivity index (χ0) is 16.0. The monoisotopic (exact) mass is 304 g/mol. The van der Waals surface area contributed by atoms with Gasteiger partial charge in [-0.3, -0.25) is 9.59 Å². The van der Waals surface area contributed by atoms with Crippen LogP contribution >= 0.6 is 0 Å². The Kier molecular flexibility index (Phi) is 5.75. The second-order valence-corrected chi connectivity index (χ2v) is 4.06. The van der Waals surface area contributed by atoms with Gasteiger partial charge in [-0.15, -0.1) is 0 Å². The molecule has 7 heteroatoms. The molecule has 0 bridgehead atoms. The molecule has 0 aromatic heterocycles. The summed E-state index contributed by atoms with van der Waals surface area (Å²) < 4.78 is 47.6. The Morgan fingerprint density at radius 1 is 1.10 bits per heavy atom. The van der Waals surface area contributed by atoms with Crippen molar-refractivity contribution in [2.45, 2.75) is 25.9 Å². The summed E-state index contributed by atoms with van der Waals surface area (Å²) in [6, 6.07) is 3.99. The van der Waals surface area contributed by atoms with E-state index in [2.05, 4.69) is 0 Å². The summed E-state index contributed by atoms with van der Waals surface area (Å²) in [5, 5.41) is 0. The molecule has 0 N–H and O–H groups in total. The molecule has 0 aliphatic rings. The molecule has 1 aromatic rings. The molecular weight excluding hydrogens is 289 g/mol. The molecular formula is C14H15F3O4. The summed E-state index contributed by atoms with van der Waals surface area (Å²) in [7, 11) is 0. The van der Waals surface area contributed by atoms with Crippen LogP contribution in [0.3, 0.4) is 0 Å². The molecule has 0 heterocycles. The summed E-state index contributed by atoms with van der Waals surface area (Å²) in [4.78, 5) is 23.6. The fourth-order valence-electron chi connectivity index (χ4n) is 1.71. The van der Waals surface area contributed by atoms with E-state index in [-0.39, 0.29) is 18.8 Å². The van der Waals surface area contributed by atoms with Crippen molar-refractivity contribution in [2.75, 3.05) is 13.2 Å². The molecule has 0 saturated heterocycles. The maximum atomic E-state index is 12.7. The van der Waals surface area contributed by atoms with Crippen molar-refractivity contribution in [1.29, 1.82) is 0 Å². The van der Waals surface area contributed by atoms with Gasteiger partial charge in [-0.05, 0) is 25.5 Å². The molecule has 1 rings (SSSR count). The molecule has 0 saturated carbocycles. The van der Waals surface area contributed by atoms with Gasteiger partial charge in [0.25, 0.3) is 0 Å². The van der Waals surface area contributed by atoms with E-state index >= 15 is 0 Å². The van der Waals surface area contributed by atoms with E-state index in [1.165, 1.54) is 19.9 Å². The Labute approximate surface area is 119 Å². The molecule has 0 aliphatic carbocycles. The number of carbonyl (C=O) groups excluding carboxylic acids is 2. The Morgan fingerprint density at radius 2 is 1.62 bits per heavy atom. The molecule has 0 fully saturated rings. The maximum absolute atomic E-state index is 12.7. The number of benzene rings is 1. The van der Waals surface area contributed by atoms with E-state index in [1.54, 1.807) is 0 Å². The number of esters is 2. The number of alkyl halides is 3. The van der Waals surface area contributed by atoms with Crippen molar-refractivity contribution in [3.8, 4) is 0 Å². The lowest BCUT2D eigenvalue weighted by Crippen LogP contribution is -2.26. The number of rotatable bonds is 5. The van der Waals surface area contributed by atoms with Gasteiger partial charge in [-0.25, -0.2) is 0 Å². The highest BCUT2D eigenvalue weighted by atomic mass is 19.4.